The van der Waals surface area contributed by atoms with Crippen LogP contribution in [0.5, 0.6) is 0 Å². The normalized spacial score (nSPS) is 14.3. The van der Waals surface area contributed by atoms with Crippen LogP contribution < -0.4 is 5.32 Å². The lowest BCUT2D eigenvalue weighted by molar-refractivity contribution is -0.145. The number of carbonyl (C=O) groups is 1. The van der Waals surface area contributed by atoms with E-state index in [-0.39, 0.29) is 11.3 Å². The topological polar surface area (TPSA) is 49.3 Å². The molecule has 3 heteroatoms. The summed E-state index contributed by atoms with van der Waals surface area (Å²) in [5.74, 6) is -0.956. The highest BCUT2D eigenvalue weighted by Gasteiger charge is 2.30. The van der Waals surface area contributed by atoms with Gasteiger partial charge in [0, 0.05) is 0 Å². The van der Waals surface area contributed by atoms with Crippen LogP contribution in [-0.4, -0.2) is 24.7 Å². The Morgan fingerprint density at radius 3 is 2.25 bits per heavy atom. The van der Waals surface area contributed by atoms with E-state index in [1.165, 1.54) is 0 Å². The molecule has 0 fully saturated rings. The Morgan fingerprint density at radius 2 is 2.00 bits per heavy atom. The summed E-state index contributed by atoms with van der Waals surface area (Å²) in [5.41, 5.74) is -0.150. The van der Waals surface area contributed by atoms with E-state index >= 15 is 0 Å². The molecule has 0 aliphatic carbocycles. The third-order valence-corrected chi connectivity index (χ3v) is 2.03. The molecule has 0 aliphatic heterocycles. The summed E-state index contributed by atoms with van der Waals surface area (Å²) in [4.78, 5) is 10.8. The van der Waals surface area contributed by atoms with Gasteiger partial charge in [0.15, 0.2) is 0 Å². The lowest BCUT2D eigenvalue weighted by Gasteiger charge is -2.26. The van der Waals surface area contributed by atoms with Crippen LogP contribution in [0, 0.1) is 11.3 Å². The smallest absolute Gasteiger partial charge is 0.307 e. The van der Waals surface area contributed by atoms with E-state index in [9.17, 15) is 4.79 Å². The Labute approximate surface area is 74.2 Å². The minimum absolute atomic E-state index is 0.150. The minimum atomic E-state index is -0.697. The van der Waals surface area contributed by atoms with Gasteiger partial charge in [0.2, 0.25) is 0 Å². The van der Waals surface area contributed by atoms with Gasteiger partial charge in [0.25, 0.3) is 0 Å². The standard InChI is InChI=1S/C9H19NO2/c1-9(2,3)7(8(11)12)5-6-10-4/h7,10H,5-6H2,1-4H3,(H,11,12). The number of aliphatic carboxylic acids is 1. The maximum atomic E-state index is 10.8. The van der Waals surface area contributed by atoms with Gasteiger partial charge < -0.3 is 10.4 Å². The zero-order valence-corrected chi connectivity index (χ0v) is 8.35. The van der Waals surface area contributed by atoms with E-state index in [1.807, 2.05) is 27.8 Å². The molecule has 12 heavy (non-hydrogen) atoms. The van der Waals surface area contributed by atoms with Crippen molar-refractivity contribution in [3.8, 4) is 0 Å². The van der Waals surface area contributed by atoms with Gasteiger partial charge >= 0.3 is 5.97 Å². The molecule has 0 radical (unpaired) electrons. The largest absolute Gasteiger partial charge is 0.481 e. The summed E-state index contributed by atoms with van der Waals surface area (Å²) in [5, 5.41) is 11.9. The highest BCUT2D eigenvalue weighted by Crippen LogP contribution is 2.28. The lowest BCUT2D eigenvalue weighted by Crippen LogP contribution is -2.31. The van der Waals surface area contributed by atoms with Gasteiger partial charge in [-0.2, -0.15) is 0 Å². The quantitative estimate of drug-likeness (QED) is 0.674. The second-order valence-electron chi connectivity index (χ2n) is 4.15. The second kappa shape index (κ2) is 4.45. The Balaban J connectivity index is 4.15. The molecule has 72 valence electrons. The number of nitrogens with one attached hydrogen (secondary N) is 1. The number of carboxylic acid groups (broad SMARTS) is 1. The molecule has 0 aromatic rings. The number of rotatable bonds is 4. The Kier molecular flexibility index (Phi) is 4.24. The second-order valence-corrected chi connectivity index (χ2v) is 4.15. The van der Waals surface area contributed by atoms with Crippen molar-refractivity contribution < 1.29 is 9.90 Å². The molecule has 0 saturated heterocycles. The number of carboxylic acids is 1. The maximum Gasteiger partial charge on any atom is 0.307 e. The van der Waals surface area contributed by atoms with Crippen molar-refractivity contribution >= 4 is 5.97 Å². The fourth-order valence-corrected chi connectivity index (χ4v) is 1.22. The molecule has 2 N–H and O–H groups in total. The maximum absolute atomic E-state index is 10.8. The first-order valence-corrected chi connectivity index (χ1v) is 4.27. The molecule has 1 atom stereocenters. The predicted molar refractivity (Wildman–Crippen MR) is 49.1 cm³/mol. The number of hydrogen-bond acceptors (Lipinski definition) is 2. The third kappa shape index (κ3) is 3.72. The SMILES string of the molecule is CNCCC(C(=O)O)C(C)(C)C. The molecule has 0 bridgehead atoms. The van der Waals surface area contributed by atoms with Crippen LogP contribution in [0.15, 0.2) is 0 Å². The van der Waals surface area contributed by atoms with Gasteiger partial charge in [-0.1, -0.05) is 20.8 Å². The molecule has 0 spiro atoms. The van der Waals surface area contributed by atoms with Crippen molar-refractivity contribution in [2.45, 2.75) is 27.2 Å². The van der Waals surface area contributed by atoms with Crippen molar-refractivity contribution in [1.82, 2.24) is 5.32 Å². The average Bonchev–Trinajstić information content (AvgIpc) is 1.84. The first-order chi connectivity index (χ1) is 5.39. The van der Waals surface area contributed by atoms with E-state index in [1.54, 1.807) is 0 Å². The Hall–Kier alpha value is -0.570. The molecule has 0 saturated carbocycles. The van der Waals surface area contributed by atoms with Crippen LogP contribution in [0.3, 0.4) is 0 Å². The summed E-state index contributed by atoms with van der Waals surface area (Å²) < 4.78 is 0. The summed E-state index contributed by atoms with van der Waals surface area (Å²) in [6, 6.07) is 0. The molecular formula is C9H19NO2. The predicted octanol–water partition coefficient (Wildman–Crippen LogP) is 1.34. The van der Waals surface area contributed by atoms with Gasteiger partial charge in [0.1, 0.15) is 0 Å². The summed E-state index contributed by atoms with van der Waals surface area (Å²) in [6.07, 6.45) is 0.690. The van der Waals surface area contributed by atoms with Gasteiger partial charge in [-0.05, 0) is 25.4 Å². The third-order valence-electron chi connectivity index (χ3n) is 2.03. The fraction of sp³-hybridized carbons (Fsp3) is 0.889. The van der Waals surface area contributed by atoms with Gasteiger partial charge in [-0.15, -0.1) is 0 Å². The molecular weight excluding hydrogens is 154 g/mol. The van der Waals surface area contributed by atoms with Gasteiger partial charge in [-0.3, -0.25) is 4.79 Å². The first kappa shape index (κ1) is 11.4. The Bertz CT molecular complexity index is 149. The molecule has 0 aromatic carbocycles. The van der Waals surface area contributed by atoms with Crippen LogP contribution in [0.25, 0.3) is 0 Å². The Morgan fingerprint density at radius 1 is 1.50 bits per heavy atom. The summed E-state index contributed by atoms with van der Waals surface area (Å²) >= 11 is 0. The molecule has 0 rings (SSSR count). The zero-order valence-electron chi connectivity index (χ0n) is 8.35. The number of hydrogen-bond donors (Lipinski definition) is 2. The zero-order chi connectivity index (χ0) is 9.78. The van der Waals surface area contributed by atoms with Crippen molar-refractivity contribution in [1.29, 1.82) is 0 Å². The fourth-order valence-electron chi connectivity index (χ4n) is 1.22. The summed E-state index contributed by atoms with van der Waals surface area (Å²) in [6.45, 7) is 6.64. The van der Waals surface area contributed by atoms with Crippen molar-refractivity contribution in [2.75, 3.05) is 13.6 Å². The van der Waals surface area contributed by atoms with Crippen molar-refractivity contribution in [3.05, 3.63) is 0 Å². The first-order valence-electron chi connectivity index (χ1n) is 4.27. The molecule has 0 aromatic heterocycles. The molecule has 0 aliphatic rings. The molecule has 0 amide bonds. The van der Waals surface area contributed by atoms with Crippen LogP contribution in [0.4, 0.5) is 0 Å². The average molecular weight is 173 g/mol. The van der Waals surface area contributed by atoms with Crippen molar-refractivity contribution in [3.63, 3.8) is 0 Å². The molecule has 1 unspecified atom stereocenters. The minimum Gasteiger partial charge on any atom is -0.481 e. The van der Waals surface area contributed by atoms with Gasteiger partial charge in [-0.25, -0.2) is 0 Å². The van der Waals surface area contributed by atoms with Crippen LogP contribution in [0.2, 0.25) is 0 Å². The van der Waals surface area contributed by atoms with Crippen LogP contribution in [-0.2, 0) is 4.79 Å². The van der Waals surface area contributed by atoms with E-state index in [0.29, 0.717) is 6.42 Å². The van der Waals surface area contributed by atoms with E-state index in [2.05, 4.69) is 5.32 Å². The molecule has 0 heterocycles. The van der Waals surface area contributed by atoms with Crippen LogP contribution in [0.1, 0.15) is 27.2 Å². The summed E-state index contributed by atoms with van der Waals surface area (Å²) in [7, 11) is 1.83. The van der Waals surface area contributed by atoms with Gasteiger partial charge in [0.05, 0.1) is 5.92 Å². The van der Waals surface area contributed by atoms with Crippen molar-refractivity contribution in [2.24, 2.45) is 11.3 Å². The molecule has 3 nitrogen and oxygen atoms in total. The monoisotopic (exact) mass is 173 g/mol. The van der Waals surface area contributed by atoms with E-state index in [0.717, 1.165) is 6.54 Å². The highest BCUT2D eigenvalue weighted by atomic mass is 16.4. The highest BCUT2D eigenvalue weighted by molar-refractivity contribution is 5.70. The van der Waals surface area contributed by atoms with Crippen LogP contribution >= 0.6 is 0 Å². The lowest BCUT2D eigenvalue weighted by atomic mass is 9.79. The van der Waals surface area contributed by atoms with E-state index < -0.39 is 5.97 Å². The van der Waals surface area contributed by atoms with E-state index in [4.69, 9.17) is 5.11 Å².